The number of hydrogen-bond acceptors (Lipinski definition) is 5. The van der Waals surface area contributed by atoms with E-state index in [4.69, 9.17) is 9.47 Å². The number of hydrogen-bond donors (Lipinski definition) is 1. The molecule has 0 aliphatic carbocycles. The summed E-state index contributed by atoms with van der Waals surface area (Å²) in [4.78, 5) is 0.134. The van der Waals surface area contributed by atoms with Crippen LogP contribution in [0.2, 0.25) is 0 Å². The Balaban J connectivity index is 1.62. The van der Waals surface area contributed by atoms with Crippen LogP contribution in [-0.2, 0) is 16.4 Å². The quantitative estimate of drug-likeness (QED) is 0.642. The van der Waals surface area contributed by atoms with Gasteiger partial charge in [0.05, 0.1) is 24.8 Å². The van der Waals surface area contributed by atoms with Crippen molar-refractivity contribution < 1.29 is 17.9 Å². The lowest BCUT2D eigenvalue weighted by molar-refractivity contribution is 0.354. The molecule has 1 aromatic heterocycles. The molecule has 7 nitrogen and oxygen atoms in total. The molecular formula is C19H21N3O4S. The molecule has 0 aliphatic rings. The van der Waals surface area contributed by atoms with E-state index >= 15 is 0 Å². The molecule has 8 heteroatoms. The fourth-order valence-corrected chi connectivity index (χ4v) is 3.68. The van der Waals surface area contributed by atoms with Gasteiger partial charge in [0.15, 0.2) is 11.5 Å². The van der Waals surface area contributed by atoms with Gasteiger partial charge in [0, 0.05) is 25.0 Å². The molecule has 27 heavy (non-hydrogen) atoms. The van der Waals surface area contributed by atoms with E-state index in [1.165, 1.54) is 26.4 Å². The molecule has 0 fully saturated rings. The number of benzene rings is 2. The molecule has 0 bridgehead atoms. The summed E-state index contributed by atoms with van der Waals surface area (Å²) in [6.07, 6.45) is 4.16. The average Bonchev–Trinajstić information content (AvgIpc) is 3.22. The second-order valence-corrected chi connectivity index (χ2v) is 7.55. The van der Waals surface area contributed by atoms with Crippen LogP contribution < -0.4 is 14.2 Å². The Labute approximate surface area is 158 Å². The molecule has 0 spiro atoms. The van der Waals surface area contributed by atoms with Crippen LogP contribution in [0, 0.1) is 0 Å². The molecule has 1 heterocycles. The molecule has 0 aliphatic heterocycles. The molecule has 142 valence electrons. The van der Waals surface area contributed by atoms with Gasteiger partial charge < -0.3 is 9.47 Å². The van der Waals surface area contributed by atoms with Crippen molar-refractivity contribution in [3.8, 4) is 17.2 Å². The van der Waals surface area contributed by atoms with Crippen LogP contribution in [0.4, 0.5) is 0 Å². The fourth-order valence-electron chi connectivity index (χ4n) is 2.63. The van der Waals surface area contributed by atoms with Gasteiger partial charge in [-0.25, -0.2) is 17.8 Å². The summed E-state index contributed by atoms with van der Waals surface area (Å²) in [6.45, 7) is 0.289. The first-order valence-electron chi connectivity index (χ1n) is 8.34. The largest absolute Gasteiger partial charge is 0.493 e. The molecule has 3 rings (SSSR count). The summed E-state index contributed by atoms with van der Waals surface area (Å²) in [7, 11) is -0.663. The van der Waals surface area contributed by atoms with Crippen molar-refractivity contribution in [1.82, 2.24) is 14.5 Å². The van der Waals surface area contributed by atoms with Crippen molar-refractivity contribution in [3.05, 3.63) is 66.5 Å². The highest BCUT2D eigenvalue weighted by Gasteiger charge is 2.16. The van der Waals surface area contributed by atoms with Crippen molar-refractivity contribution in [2.24, 2.45) is 0 Å². The van der Waals surface area contributed by atoms with E-state index in [0.29, 0.717) is 17.9 Å². The summed E-state index contributed by atoms with van der Waals surface area (Å²) < 4.78 is 39.6. The summed E-state index contributed by atoms with van der Waals surface area (Å²) >= 11 is 0. The second kappa shape index (κ2) is 8.24. The first kappa shape index (κ1) is 18.9. The van der Waals surface area contributed by atoms with Gasteiger partial charge in [-0.15, -0.1) is 0 Å². The van der Waals surface area contributed by atoms with Gasteiger partial charge in [-0.3, -0.25) is 0 Å². The molecule has 0 radical (unpaired) electrons. The number of aromatic nitrogens is 2. The standard InChI is InChI=1S/C19H21N3O4S/c1-25-18-9-8-17(14-19(18)26-2)27(23,24)21-12-10-15-4-6-16(7-5-15)22-13-3-11-20-22/h3-9,11,13-14,21H,10,12H2,1-2H3. The first-order valence-corrected chi connectivity index (χ1v) is 9.82. The molecule has 2 aromatic carbocycles. The minimum absolute atomic E-state index is 0.134. The van der Waals surface area contributed by atoms with E-state index in [-0.39, 0.29) is 11.4 Å². The van der Waals surface area contributed by atoms with Crippen molar-refractivity contribution in [3.63, 3.8) is 0 Å². The van der Waals surface area contributed by atoms with Gasteiger partial charge in [-0.05, 0) is 42.3 Å². The fraction of sp³-hybridized carbons (Fsp3) is 0.211. The van der Waals surface area contributed by atoms with E-state index in [2.05, 4.69) is 9.82 Å². The third-order valence-corrected chi connectivity index (χ3v) is 5.54. The number of sulfonamides is 1. The Hall–Kier alpha value is -2.84. The molecule has 0 unspecified atom stereocenters. The van der Waals surface area contributed by atoms with Crippen molar-refractivity contribution in [2.45, 2.75) is 11.3 Å². The van der Waals surface area contributed by atoms with Gasteiger partial charge >= 0.3 is 0 Å². The predicted molar refractivity (Wildman–Crippen MR) is 102 cm³/mol. The number of ether oxygens (including phenoxy) is 2. The molecule has 3 aromatic rings. The van der Waals surface area contributed by atoms with Gasteiger partial charge in [0.25, 0.3) is 0 Å². The highest BCUT2D eigenvalue weighted by Crippen LogP contribution is 2.29. The molecule has 1 N–H and O–H groups in total. The van der Waals surface area contributed by atoms with Crippen molar-refractivity contribution in [1.29, 1.82) is 0 Å². The van der Waals surface area contributed by atoms with Crippen LogP contribution in [0.15, 0.2) is 65.8 Å². The van der Waals surface area contributed by atoms with Crippen LogP contribution >= 0.6 is 0 Å². The summed E-state index contributed by atoms with van der Waals surface area (Å²) in [5, 5.41) is 4.18. The van der Waals surface area contributed by atoms with Gasteiger partial charge in [0.1, 0.15) is 0 Å². The van der Waals surface area contributed by atoms with Gasteiger partial charge in [-0.1, -0.05) is 12.1 Å². The van der Waals surface area contributed by atoms with Crippen LogP contribution in [0.3, 0.4) is 0 Å². The first-order chi connectivity index (χ1) is 13.0. The highest BCUT2D eigenvalue weighted by atomic mass is 32.2. The smallest absolute Gasteiger partial charge is 0.240 e. The zero-order chi connectivity index (χ0) is 19.3. The maximum absolute atomic E-state index is 12.5. The second-order valence-electron chi connectivity index (χ2n) is 5.78. The highest BCUT2D eigenvalue weighted by molar-refractivity contribution is 7.89. The zero-order valence-corrected chi connectivity index (χ0v) is 15.9. The lowest BCUT2D eigenvalue weighted by Crippen LogP contribution is -2.26. The molecule has 0 atom stereocenters. The molecule has 0 amide bonds. The van der Waals surface area contributed by atoms with E-state index in [1.807, 2.05) is 36.5 Å². The maximum atomic E-state index is 12.5. The lowest BCUT2D eigenvalue weighted by Gasteiger charge is -2.11. The van der Waals surface area contributed by atoms with Crippen LogP contribution in [0.1, 0.15) is 5.56 Å². The van der Waals surface area contributed by atoms with Gasteiger partial charge in [0.2, 0.25) is 10.0 Å². The van der Waals surface area contributed by atoms with E-state index < -0.39 is 10.0 Å². The summed E-state index contributed by atoms with van der Waals surface area (Å²) in [5.41, 5.74) is 1.98. The Morgan fingerprint density at radius 2 is 1.78 bits per heavy atom. The topological polar surface area (TPSA) is 82.5 Å². The number of rotatable bonds is 8. The maximum Gasteiger partial charge on any atom is 0.240 e. The third-order valence-electron chi connectivity index (χ3n) is 4.08. The van der Waals surface area contributed by atoms with Gasteiger partial charge in [-0.2, -0.15) is 5.10 Å². The number of nitrogens with one attached hydrogen (secondary N) is 1. The molecule has 0 saturated heterocycles. The normalized spacial score (nSPS) is 11.3. The Kier molecular flexibility index (Phi) is 5.78. The van der Waals surface area contributed by atoms with Crippen molar-refractivity contribution in [2.75, 3.05) is 20.8 Å². The Morgan fingerprint density at radius 3 is 2.41 bits per heavy atom. The average molecular weight is 387 g/mol. The van der Waals surface area contributed by atoms with E-state index in [0.717, 1.165) is 11.3 Å². The third kappa shape index (κ3) is 4.47. The minimum Gasteiger partial charge on any atom is -0.493 e. The zero-order valence-electron chi connectivity index (χ0n) is 15.1. The van der Waals surface area contributed by atoms with E-state index in [1.54, 1.807) is 16.9 Å². The Bertz CT molecular complexity index is 984. The lowest BCUT2D eigenvalue weighted by atomic mass is 10.1. The summed E-state index contributed by atoms with van der Waals surface area (Å²) in [5.74, 6) is 0.850. The van der Waals surface area contributed by atoms with Crippen molar-refractivity contribution >= 4 is 10.0 Å². The Morgan fingerprint density at radius 1 is 1.04 bits per heavy atom. The number of nitrogens with zero attached hydrogens (tertiary/aromatic N) is 2. The van der Waals surface area contributed by atoms with Crippen LogP contribution in [0.5, 0.6) is 11.5 Å². The van der Waals surface area contributed by atoms with Crippen LogP contribution in [-0.4, -0.2) is 39.0 Å². The van der Waals surface area contributed by atoms with E-state index in [9.17, 15) is 8.42 Å². The SMILES string of the molecule is COc1ccc(S(=O)(=O)NCCc2ccc(-n3cccn3)cc2)cc1OC. The minimum atomic E-state index is -3.63. The van der Waals surface area contributed by atoms with Crippen LogP contribution in [0.25, 0.3) is 5.69 Å². The predicted octanol–water partition coefficient (Wildman–Crippen LogP) is 2.41. The number of methoxy groups -OCH3 is 2. The summed E-state index contributed by atoms with van der Waals surface area (Å²) in [6, 6.07) is 14.2. The molecule has 0 saturated carbocycles. The monoisotopic (exact) mass is 387 g/mol. The molecular weight excluding hydrogens is 366 g/mol.